The molecule has 1 atom stereocenters. The van der Waals surface area contributed by atoms with E-state index < -0.39 is 12.0 Å². The van der Waals surface area contributed by atoms with Crippen molar-refractivity contribution in [2.45, 2.75) is 38.6 Å². The zero-order chi connectivity index (χ0) is 30.6. The molecule has 2 N–H and O–H groups in total. The molecule has 222 valence electrons. The standard InChI is InChI=1S/C35H35FN2O5/c1-2-9-33(39)38(28-18-16-27(36)17-19-28)22-8-23-43-29-20-14-25(15-21-29)24-32(35(41)42)37-31-13-7-6-12-30(31)34(40)26-10-4-3-5-11-26/h3-7,10-21,32,37H,2,8-9,22-24H2,1H3,(H,41,42). The predicted octanol–water partition coefficient (Wildman–Crippen LogP) is 6.77. The van der Waals surface area contributed by atoms with Gasteiger partial charge in [-0.1, -0.05) is 61.5 Å². The average Bonchev–Trinajstić information content (AvgIpc) is 3.02. The Morgan fingerprint density at radius 2 is 1.56 bits per heavy atom. The molecule has 43 heavy (non-hydrogen) atoms. The number of rotatable bonds is 15. The van der Waals surface area contributed by atoms with Crippen LogP contribution in [-0.4, -0.2) is 42.0 Å². The van der Waals surface area contributed by atoms with Gasteiger partial charge in [0, 0.05) is 41.9 Å². The smallest absolute Gasteiger partial charge is 0.326 e. The van der Waals surface area contributed by atoms with Crippen molar-refractivity contribution in [3.05, 3.63) is 126 Å². The normalized spacial score (nSPS) is 11.4. The molecule has 4 aromatic rings. The maximum atomic E-state index is 13.4. The topological polar surface area (TPSA) is 95.9 Å². The molecule has 8 heteroatoms. The van der Waals surface area contributed by atoms with Crippen LogP contribution in [0.1, 0.15) is 47.7 Å². The Morgan fingerprint density at radius 1 is 0.884 bits per heavy atom. The molecule has 0 aromatic heterocycles. The number of hydrogen-bond acceptors (Lipinski definition) is 5. The van der Waals surface area contributed by atoms with Gasteiger partial charge in [0.1, 0.15) is 17.6 Å². The lowest BCUT2D eigenvalue weighted by molar-refractivity contribution is -0.137. The van der Waals surface area contributed by atoms with Crippen molar-refractivity contribution >= 4 is 29.0 Å². The van der Waals surface area contributed by atoms with Crippen LogP contribution in [0.4, 0.5) is 15.8 Å². The summed E-state index contributed by atoms with van der Waals surface area (Å²) in [4.78, 5) is 39.5. The Hall–Kier alpha value is -4.98. The zero-order valence-electron chi connectivity index (χ0n) is 24.0. The number of aliphatic carboxylic acids is 1. The van der Waals surface area contributed by atoms with E-state index in [9.17, 15) is 23.9 Å². The highest BCUT2D eigenvalue weighted by Gasteiger charge is 2.21. The molecule has 4 aromatic carbocycles. The third kappa shape index (κ3) is 8.75. The second-order valence-corrected chi connectivity index (χ2v) is 10.1. The summed E-state index contributed by atoms with van der Waals surface area (Å²) in [5, 5.41) is 13.0. The number of carboxylic acid groups (broad SMARTS) is 1. The molecule has 1 unspecified atom stereocenters. The largest absolute Gasteiger partial charge is 0.494 e. The molecule has 0 saturated heterocycles. The number of ketones is 1. The third-order valence-electron chi connectivity index (χ3n) is 6.90. The van der Waals surface area contributed by atoms with E-state index in [1.807, 2.05) is 25.1 Å². The van der Waals surface area contributed by atoms with Gasteiger partial charge in [0.2, 0.25) is 5.91 Å². The molecule has 0 bridgehead atoms. The number of nitrogens with one attached hydrogen (secondary N) is 1. The van der Waals surface area contributed by atoms with Crippen LogP contribution in [0.25, 0.3) is 0 Å². The molecule has 1 amide bonds. The number of amides is 1. The van der Waals surface area contributed by atoms with Gasteiger partial charge in [-0.3, -0.25) is 9.59 Å². The van der Waals surface area contributed by atoms with Crippen molar-refractivity contribution in [3.8, 4) is 5.75 Å². The van der Waals surface area contributed by atoms with Gasteiger partial charge in [-0.05, 0) is 66.9 Å². The highest BCUT2D eigenvalue weighted by molar-refractivity contribution is 6.12. The summed E-state index contributed by atoms with van der Waals surface area (Å²) in [6.07, 6.45) is 1.88. The van der Waals surface area contributed by atoms with Crippen molar-refractivity contribution < 1.29 is 28.6 Å². The Morgan fingerprint density at radius 3 is 2.23 bits per heavy atom. The summed E-state index contributed by atoms with van der Waals surface area (Å²) in [5.41, 5.74) is 2.81. The maximum Gasteiger partial charge on any atom is 0.326 e. The summed E-state index contributed by atoms with van der Waals surface area (Å²) >= 11 is 0. The summed E-state index contributed by atoms with van der Waals surface area (Å²) in [7, 11) is 0. The first kappa shape index (κ1) is 31.0. The molecule has 0 aliphatic rings. The Bertz CT molecular complexity index is 1510. The molecule has 0 aliphatic heterocycles. The van der Waals surface area contributed by atoms with Crippen LogP contribution in [0, 0.1) is 5.82 Å². The van der Waals surface area contributed by atoms with Crippen LogP contribution in [0.3, 0.4) is 0 Å². The van der Waals surface area contributed by atoms with Crippen LogP contribution in [0.15, 0.2) is 103 Å². The SMILES string of the molecule is CCCC(=O)N(CCCOc1ccc(CC(Nc2ccccc2C(=O)c2ccccc2)C(=O)O)cc1)c1ccc(F)cc1. The minimum atomic E-state index is -1.04. The Kier molecular flexibility index (Phi) is 11.0. The fourth-order valence-corrected chi connectivity index (χ4v) is 4.68. The van der Waals surface area contributed by atoms with E-state index in [-0.39, 0.29) is 23.9 Å². The average molecular weight is 583 g/mol. The molecule has 0 fully saturated rings. The van der Waals surface area contributed by atoms with Crippen molar-refractivity contribution in [1.29, 1.82) is 0 Å². The van der Waals surface area contributed by atoms with Crippen LogP contribution < -0.4 is 15.0 Å². The highest BCUT2D eigenvalue weighted by Crippen LogP contribution is 2.22. The number of halogens is 1. The summed E-state index contributed by atoms with van der Waals surface area (Å²) in [6, 6.07) is 27.8. The van der Waals surface area contributed by atoms with E-state index in [0.29, 0.717) is 54.2 Å². The number of para-hydroxylation sites is 1. The lowest BCUT2D eigenvalue weighted by Gasteiger charge is -2.23. The predicted molar refractivity (Wildman–Crippen MR) is 165 cm³/mol. The van der Waals surface area contributed by atoms with Gasteiger partial charge in [-0.15, -0.1) is 0 Å². The molecule has 0 spiro atoms. The molecule has 0 aliphatic carbocycles. The number of benzene rings is 4. The fourth-order valence-electron chi connectivity index (χ4n) is 4.68. The van der Waals surface area contributed by atoms with Crippen LogP contribution in [0.2, 0.25) is 0 Å². The number of ether oxygens (including phenoxy) is 1. The van der Waals surface area contributed by atoms with Gasteiger partial charge >= 0.3 is 5.97 Å². The monoisotopic (exact) mass is 582 g/mol. The van der Waals surface area contributed by atoms with Gasteiger partial charge in [0.25, 0.3) is 0 Å². The van der Waals surface area contributed by atoms with Crippen LogP contribution in [-0.2, 0) is 16.0 Å². The third-order valence-corrected chi connectivity index (χ3v) is 6.90. The first-order chi connectivity index (χ1) is 20.9. The van der Waals surface area contributed by atoms with Gasteiger partial charge < -0.3 is 20.1 Å². The van der Waals surface area contributed by atoms with Gasteiger partial charge in [-0.2, -0.15) is 0 Å². The van der Waals surface area contributed by atoms with E-state index >= 15 is 0 Å². The van der Waals surface area contributed by atoms with Crippen LogP contribution >= 0.6 is 0 Å². The Balaban J connectivity index is 1.34. The van der Waals surface area contributed by atoms with Gasteiger partial charge in [-0.25, -0.2) is 9.18 Å². The molecular formula is C35H35FN2O5. The molecule has 0 radical (unpaired) electrons. The Labute approximate surface area is 250 Å². The molecule has 7 nitrogen and oxygen atoms in total. The number of carboxylic acids is 1. The van der Waals surface area contributed by atoms with Crippen molar-refractivity contribution in [2.75, 3.05) is 23.4 Å². The van der Waals surface area contributed by atoms with Gasteiger partial charge in [0.15, 0.2) is 5.78 Å². The molecular weight excluding hydrogens is 547 g/mol. The van der Waals surface area contributed by atoms with E-state index in [0.717, 1.165) is 12.0 Å². The molecule has 0 heterocycles. The first-order valence-corrected chi connectivity index (χ1v) is 14.3. The number of anilines is 2. The summed E-state index contributed by atoms with van der Waals surface area (Å²) in [5.74, 6) is -0.981. The van der Waals surface area contributed by atoms with E-state index in [4.69, 9.17) is 4.74 Å². The number of nitrogens with zero attached hydrogens (tertiary/aromatic N) is 1. The zero-order valence-corrected chi connectivity index (χ0v) is 24.0. The summed E-state index contributed by atoms with van der Waals surface area (Å²) < 4.78 is 19.2. The second kappa shape index (κ2) is 15.3. The number of hydrogen-bond donors (Lipinski definition) is 2. The van der Waals surface area contributed by atoms with E-state index in [1.54, 1.807) is 77.7 Å². The van der Waals surface area contributed by atoms with Crippen molar-refractivity contribution in [2.24, 2.45) is 0 Å². The number of carbonyl (C=O) groups is 3. The van der Waals surface area contributed by atoms with E-state index in [1.165, 1.54) is 12.1 Å². The number of carbonyl (C=O) groups excluding carboxylic acids is 2. The molecule has 4 rings (SSSR count). The summed E-state index contributed by atoms with van der Waals surface area (Å²) in [6.45, 7) is 2.73. The molecule has 0 saturated carbocycles. The highest BCUT2D eigenvalue weighted by atomic mass is 19.1. The first-order valence-electron chi connectivity index (χ1n) is 14.3. The fraction of sp³-hybridized carbons (Fsp3) is 0.229. The van der Waals surface area contributed by atoms with Crippen LogP contribution in [0.5, 0.6) is 5.75 Å². The lowest BCUT2D eigenvalue weighted by atomic mass is 10.00. The quantitative estimate of drug-likeness (QED) is 0.119. The van der Waals surface area contributed by atoms with Crippen molar-refractivity contribution in [1.82, 2.24) is 0 Å². The second-order valence-electron chi connectivity index (χ2n) is 10.1. The van der Waals surface area contributed by atoms with Gasteiger partial charge in [0.05, 0.1) is 6.61 Å². The minimum absolute atomic E-state index is 0.0212. The van der Waals surface area contributed by atoms with E-state index in [2.05, 4.69) is 5.32 Å². The maximum absolute atomic E-state index is 13.4. The minimum Gasteiger partial charge on any atom is -0.494 e. The lowest BCUT2D eigenvalue weighted by Crippen LogP contribution is -2.32. The van der Waals surface area contributed by atoms with Crippen molar-refractivity contribution in [3.63, 3.8) is 0 Å².